The molecule has 7 heteroatoms. The van der Waals surface area contributed by atoms with Crippen molar-refractivity contribution in [1.29, 1.82) is 0 Å². The van der Waals surface area contributed by atoms with E-state index in [1.807, 2.05) is 6.07 Å². The monoisotopic (exact) mass is 337 g/mol. The molecule has 0 aliphatic heterocycles. The van der Waals surface area contributed by atoms with Crippen molar-refractivity contribution in [2.24, 2.45) is 0 Å². The first-order chi connectivity index (χ1) is 10.3. The number of nitrogens with zero attached hydrogens (tertiary/aromatic N) is 2. The molecule has 0 saturated carbocycles. The summed E-state index contributed by atoms with van der Waals surface area (Å²) in [5, 5.41) is 5.16. The van der Waals surface area contributed by atoms with Gasteiger partial charge in [0, 0.05) is 28.7 Å². The van der Waals surface area contributed by atoms with Gasteiger partial charge >= 0.3 is 0 Å². The second-order valence-electron chi connectivity index (χ2n) is 4.38. The summed E-state index contributed by atoms with van der Waals surface area (Å²) >= 11 is 5.08. The Morgan fingerprint density at radius 1 is 1.33 bits per heavy atom. The minimum absolute atomic E-state index is 0.576. The fourth-order valence-corrected chi connectivity index (χ4v) is 4.53. The van der Waals surface area contributed by atoms with Gasteiger partial charge in [0.1, 0.15) is 16.5 Å². The predicted molar refractivity (Wildman–Crippen MR) is 93.2 cm³/mol. The van der Waals surface area contributed by atoms with Gasteiger partial charge in [-0.2, -0.15) is 11.8 Å². The summed E-state index contributed by atoms with van der Waals surface area (Å²) in [4.78, 5) is 11.3. The standard InChI is InChI=1S/C14H15N3OS3/c1-18-4-6-19-8-11-16-13(15)12-9(7-21-14(12)17-11)10-3-2-5-20-10/h2-3,5,7H,4,6,8H2,1H3,(H2,15,16,17). The molecule has 0 bridgehead atoms. The van der Waals surface area contributed by atoms with E-state index in [1.165, 1.54) is 4.88 Å². The van der Waals surface area contributed by atoms with Crippen LogP contribution in [-0.2, 0) is 10.5 Å². The highest BCUT2D eigenvalue weighted by Gasteiger charge is 2.14. The first-order valence-electron chi connectivity index (χ1n) is 6.43. The van der Waals surface area contributed by atoms with E-state index in [0.717, 1.165) is 39.7 Å². The molecule has 0 saturated heterocycles. The Balaban J connectivity index is 1.88. The highest BCUT2D eigenvalue weighted by Crippen LogP contribution is 2.38. The van der Waals surface area contributed by atoms with E-state index >= 15 is 0 Å². The third kappa shape index (κ3) is 3.21. The van der Waals surface area contributed by atoms with Crippen molar-refractivity contribution in [3.63, 3.8) is 0 Å². The summed E-state index contributed by atoms with van der Waals surface area (Å²) in [6.45, 7) is 0.740. The molecule has 0 aromatic carbocycles. The zero-order valence-electron chi connectivity index (χ0n) is 11.5. The molecule has 4 nitrogen and oxygen atoms in total. The van der Waals surface area contributed by atoms with Crippen molar-refractivity contribution < 1.29 is 4.74 Å². The Kier molecular flexibility index (Phi) is 4.74. The molecule has 3 aromatic heterocycles. The average molecular weight is 337 g/mol. The zero-order valence-corrected chi connectivity index (χ0v) is 14.0. The number of anilines is 1. The largest absolute Gasteiger partial charge is 0.384 e. The number of rotatable bonds is 6. The Hall–Kier alpha value is -1.15. The van der Waals surface area contributed by atoms with Gasteiger partial charge in [0.15, 0.2) is 0 Å². The van der Waals surface area contributed by atoms with Gasteiger partial charge in [-0.25, -0.2) is 9.97 Å². The van der Waals surface area contributed by atoms with Gasteiger partial charge in [-0.3, -0.25) is 0 Å². The first-order valence-corrected chi connectivity index (χ1v) is 9.35. The average Bonchev–Trinajstić information content (AvgIpc) is 3.12. The highest BCUT2D eigenvalue weighted by atomic mass is 32.2. The van der Waals surface area contributed by atoms with Gasteiger partial charge in [0.05, 0.1) is 17.7 Å². The lowest BCUT2D eigenvalue weighted by Gasteiger charge is -2.04. The molecule has 110 valence electrons. The number of methoxy groups -OCH3 is 1. The number of nitrogens with two attached hydrogens (primary N) is 1. The van der Waals surface area contributed by atoms with Gasteiger partial charge in [-0.15, -0.1) is 22.7 Å². The van der Waals surface area contributed by atoms with Gasteiger partial charge in [-0.05, 0) is 11.4 Å². The Bertz CT molecular complexity index is 724. The lowest BCUT2D eigenvalue weighted by Crippen LogP contribution is -2.00. The number of hydrogen-bond donors (Lipinski definition) is 1. The van der Waals surface area contributed by atoms with Crippen LogP contribution in [0, 0.1) is 0 Å². The third-order valence-electron chi connectivity index (χ3n) is 2.96. The number of ether oxygens (including phenoxy) is 1. The van der Waals surface area contributed by atoms with Crippen molar-refractivity contribution in [3.05, 3.63) is 28.7 Å². The number of fused-ring (bicyclic) bond motifs is 1. The lowest BCUT2D eigenvalue weighted by atomic mass is 10.2. The van der Waals surface area contributed by atoms with Crippen LogP contribution in [0.5, 0.6) is 0 Å². The molecule has 0 atom stereocenters. The van der Waals surface area contributed by atoms with E-state index in [1.54, 1.807) is 41.5 Å². The van der Waals surface area contributed by atoms with Crippen molar-refractivity contribution >= 4 is 50.5 Å². The normalized spacial score (nSPS) is 11.3. The molecule has 0 aliphatic carbocycles. The van der Waals surface area contributed by atoms with Crippen molar-refractivity contribution in [2.75, 3.05) is 25.2 Å². The summed E-state index contributed by atoms with van der Waals surface area (Å²) in [6, 6.07) is 4.14. The topological polar surface area (TPSA) is 61.0 Å². The summed E-state index contributed by atoms with van der Waals surface area (Å²) in [7, 11) is 1.71. The Labute approximate surface area is 135 Å². The van der Waals surface area contributed by atoms with E-state index in [-0.39, 0.29) is 0 Å². The van der Waals surface area contributed by atoms with Crippen LogP contribution in [0.25, 0.3) is 20.7 Å². The summed E-state index contributed by atoms with van der Waals surface area (Å²) < 4.78 is 5.04. The summed E-state index contributed by atoms with van der Waals surface area (Å²) in [5.41, 5.74) is 7.30. The van der Waals surface area contributed by atoms with Crippen LogP contribution in [0.1, 0.15) is 5.82 Å². The van der Waals surface area contributed by atoms with E-state index in [9.17, 15) is 0 Å². The number of hydrogen-bond acceptors (Lipinski definition) is 7. The molecule has 3 rings (SSSR count). The number of thioether (sulfide) groups is 1. The minimum Gasteiger partial charge on any atom is -0.384 e. The zero-order chi connectivity index (χ0) is 14.7. The molecule has 3 aromatic rings. The van der Waals surface area contributed by atoms with Gasteiger partial charge in [0.2, 0.25) is 0 Å². The van der Waals surface area contributed by atoms with Crippen molar-refractivity contribution in [1.82, 2.24) is 9.97 Å². The molecule has 0 aliphatic rings. The second kappa shape index (κ2) is 6.74. The first kappa shape index (κ1) is 14.8. The quantitative estimate of drug-likeness (QED) is 0.692. The van der Waals surface area contributed by atoms with Crippen LogP contribution in [0.2, 0.25) is 0 Å². The molecule has 0 unspecified atom stereocenters. The maximum atomic E-state index is 6.17. The number of aromatic nitrogens is 2. The van der Waals surface area contributed by atoms with Crippen molar-refractivity contribution in [3.8, 4) is 10.4 Å². The van der Waals surface area contributed by atoms with E-state index < -0.39 is 0 Å². The molecule has 0 fully saturated rings. The number of nitrogen functional groups attached to an aromatic ring is 1. The van der Waals surface area contributed by atoms with Crippen LogP contribution in [0.3, 0.4) is 0 Å². The van der Waals surface area contributed by atoms with Crippen LogP contribution >= 0.6 is 34.4 Å². The fraction of sp³-hybridized carbons (Fsp3) is 0.286. The van der Waals surface area contributed by atoms with Gasteiger partial charge in [0.25, 0.3) is 0 Å². The second-order valence-corrected chi connectivity index (χ2v) is 7.29. The minimum atomic E-state index is 0.576. The molecule has 0 radical (unpaired) electrons. The molecule has 0 spiro atoms. The van der Waals surface area contributed by atoms with Crippen molar-refractivity contribution in [2.45, 2.75) is 5.75 Å². The maximum absolute atomic E-state index is 6.17. The smallest absolute Gasteiger partial charge is 0.142 e. The van der Waals surface area contributed by atoms with Crippen LogP contribution in [0.15, 0.2) is 22.9 Å². The van der Waals surface area contributed by atoms with E-state index in [0.29, 0.717) is 5.82 Å². The summed E-state index contributed by atoms with van der Waals surface area (Å²) in [5.74, 6) is 3.06. The SMILES string of the molecule is COCCSCc1nc(N)c2c(-c3cccs3)csc2n1. The summed E-state index contributed by atoms with van der Waals surface area (Å²) in [6.07, 6.45) is 0. The van der Waals surface area contributed by atoms with Gasteiger partial charge in [-0.1, -0.05) is 6.07 Å². The fourth-order valence-electron chi connectivity index (χ4n) is 2.00. The van der Waals surface area contributed by atoms with Crippen LogP contribution < -0.4 is 5.73 Å². The molecule has 0 amide bonds. The Morgan fingerprint density at radius 3 is 3.00 bits per heavy atom. The van der Waals surface area contributed by atoms with Crippen LogP contribution in [-0.4, -0.2) is 29.4 Å². The molecule has 2 N–H and O–H groups in total. The highest BCUT2D eigenvalue weighted by molar-refractivity contribution is 7.98. The third-order valence-corrected chi connectivity index (χ3v) is 5.65. The van der Waals surface area contributed by atoms with Crippen LogP contribution in [0.4, 0.5) is 5.82 Å². The molecular formula is C14H15N3OS3. The Morgan fingerprint density at radius 2 is 2.24 bits per heavy atom. The maximum Gasteiger partial charge on any atom is 0.142 e. The van der Waals surface area contributed by atoms with E-state index in [4.69, 9.17) is 10.5 Å². The number of thiophene rings is 2. The van der Waals surface area contributed by atoms with E-state index in [2.05, 4.69) is 26.8 Å². The lowest BCUT2D eigenvalue weighted by molar-refractivity contribution is 0.218. The van der Waals surface area contributed by atoms with Gasteiger partial charge < -0.3 is 10.5 Å². The molecule has 21 heavy (non-hydrogen) atoms. The predicted octanol–water partition coefficient (Wildman–Crippen LogP) is 3.88. The molecule has 3 heterocycles. The molecular weight excluding hydrogens is 322 g/mol.